The van der Waals surface area contributed by atoms with Gasteiger partial charge in [-0.15, -0.1) is 0 Å². The van der Waals surface area contributed by atoms with Crippen molar-refractivity contribution in [3.63, 3.8) is 0 Å². The third kappa shape index (κ3) is 1.96. The predicted octanol–water partition coefficient (Wildman–Crippen LogP) is 2.07. The number of benzene rings is 1. The molecule has 1 saturated heterocycles. The summed E-state index contributed by atoms with van der Waals surface area (Å²) in [5.41, 5.74) is 1.85. The Bertz CT molecular complexity index is 499. The van der Waals surface area contributed by atoms with E-state index >= 15 is 0 Å². The van der Waals surface area contributed by atoms with Gasteiger partial charge in [0.25, 0.3) is 0 Å². The van der Waals surface area contributed by atoms with Gasteiger partial charge < -0.3 is 10.1 Å². The van der Waals surface area contributed by atoms with Crippen molar-refractivity contribution in [2.45, 2.75) is 25.2 Å². The summed E-state index contributed by atoms with van der Waals surface area (Å²) in [5, 5.41) is 3.42. The molecule has 19 heavy (non-hydrogen) atoms. The van der Waals surface area contributed by atoms with Crippen molar-refractivity contribution in [1.29, 1.82) is 0 Å². The lowest BCUT2D eigenvalue weighted by Crippen LogP contribution is -2.30. The van der Waals surface area contributed by atoms with E-state index in [1.165, 1.54) is 12.7 Å². The van der Waals surface area contributed by atoms with Crippen LogP contribution in [0.5, 0.6) is 0 Å². The summed E-state index contributed by atoms with van der Waals surface area (Å²) in [6.45, 7) is 6.13. The quantitative estimate of drug-likeness (QED) is 0.845. The van der Waals surface area contributed by atoms with Gasteiger partial charge >= 0.3 is 5.97 Å². The van der Waals surface area contributed by atoms with Crippen LogP contribution in [0, 0.1) is 11.8 Å². The first-order chi connectivity index (χ1) is 9.05. The highest BCUT2D eigenvalue weighted by atomic mass is 16.5. The third-order valence-corrected chi connectivity index (χ3v) is 4.78. The van der Waals surface area contributed by atoms with E-state index in [-0.39, 0.29) is 5.97 Å². The Kier molecular flexibility index (Phi) is 2.90. The summed E-state index contributed by atoms with van der Waals surface area (Å²) in [6, 6.07) is 8.48. The Balaban J connectivity index is 1.86. The lowest BCUT2D eigenvalue weighted by Gasteiger charge is -2.22. The molecule has 0 radical (unpaired) electrons. The van der Waals surface area contributed by atoms with E-state index in [1.807, 2.05) is 19.9 Å². The molecule has 3 atom stereocenters. The van der Waals surface area contributed by atoms with Crippen LogP contribution in [0.1, 0.15) is 30.9 Å². The Morgan fingerprint density at radius 2 is 2.00 bits per heavy atom. The molecule has 1 aliphatic carbocycles. The van der Waals surface area contributed by atoms with Crippen molar-refractivity contribution >= 4 is 5.97 Å². The van der Waals surface area contributed by atoms with Crippen LogP contribution in [-0.4, -0.2) is 26.2 Å². The second-order valence-corrected chi connectivity index (χ2v) is 6.25. The minimum absolute atomic E-state index is 0.178. The van der Waals surface area contributed by atoms with Crippen molar-refractivity contribution in [3.05, 3.63) is 35.4 Å². The normalized spacial score (nSPS) is 28.9. The molecule has 0 bridgehead atoms. The fraction of sp³-hybridized carbons (Fsp3) is 0.562. The Morgan fingerprint density at radius 1 is 1.32 bits per heavy atom. The van der Waals surface area contributed by atoms with Gasteiger partial charge in [0, 0.05) is 0 Å². The topological polar surface area (TPSA) is 38.3 Å². The van der Waals surface area contributed by atoms with E-state index in [2.05, 4.69) is 23.5 Å². The molecular formula is C16H21NO2. The van der Waals surface area contributed by atoms with E-state index in [4.69, 9.17) is 4.74 Å². The van der Waals surface area contributed by atoms with Crippen LogP contribution >= 0.6 is 0 Å². The van der Waals surface area contributed by atoms with Gasteiger partial charge in [0.15, 0.2) is 0 Å². The number of hydrogen-bond acceptors (Lipinski definition) is 3. The van der Waals surface area contributed by atoms with E-state index in [1.54, 1.807) is 0 Å². The monoisotopic (exact) mass is 259 g/mol. The number of rotatable bonds is 3. The first kappa shape index (κ1) is 12.7. The lowest BCUT2D eigenvalue weighted by molar-refractivity contribution is -0.146. The van der Waals surface area contributed by atoms with Crippen molar-refractivity contribution in [3.8, 4) is 0 Å². The van der Waals surface area contributed by atoms with Crippen LogP contribution in [0.4, 0.5) is 0 Å². The first-order valence-electron chi connectivity index (χ1n) is 6.95. The van der Waals surface area contributed by atoms with Gasteiger partial charge in [-0.25, -0.2) is 0 Å². The van der Waals surface area contributed by atoms with Crippen molar-refractivity contribution in [2.24, 2.45) is 11.8 Å². The number of nitrogens with one attached hydrogen (secondary N) is 1. The van der Waals surface area contributed by atoms with Gasteiger partial charge in [0.05, 0.1) is 12.5 Å². The minimum Gasteiger partial charge on any atom is -0.468 e. The largest absolute Gasteiger partial charge is 0.468 e. The summed E-state index contributed by atoms with van der Waals surface area (Å²) >= 11 is 0. The maximum absolute atomic E-state index is 11.9. The molecule has 1 unspecified atom stereocenters. The van der Waals surface area contributed by atoms with E-state index in [0.29, 0.717) is 5.92 Å². The smallest absolute Gasteiger partial charge is 0.315 e. The summed E-state index contributed by atoms with van der Waals surface area (Å²) < 4.78 is 4.91. The molecule has 2 fully saturated rings. The fourth-order valence-electron chi connectivity index (χ4n) is 3.42. The Labute approximate surface area is 114 Å². The van der Waals surface area contributed by atoms with Gasteiger partial charge in [-0.1, -0.05) is 24.3 Å². The SMILES string of the molecule is COC(=O)C(C)(C)c1cccc(C2[C@H]3CNC[C@@H]23)c1. The minimum atomic E-state index is -0.576. The molecule has 0 aromatic heterocycles. The number of ether oxygens (including phenoxy) is 1. The lowest BCUT2D eigenvalue weighted by atomic mass is 9.83. The third-order valence-electron chi connectivity index (χ3n) is 4.78. The number of esters is 1. The number of hydrogen-bond donors (Lipinski definition) is 1. The van der Waals surface area contributed by atoms with E-state index in [0.717, 1.165) is 30.5 Å². The number of carbonyl (C=O) groups is 1. The number of piperidine rings is 1. The summed E-state index contributed by atoms with van der Waals surface area (Å²) in [5.74, 6) is 2.12. The van der Waals surface area contributed by atoms with Crippen molar-refractivity contribution in [1.82, 2.24) is 5.32 Å². The molecule has 2 aliphatic rings. The highest BCUT2D eigenvalue weighted by molar-refractivity contribution is 5.82. The van der Waals surface area contributed by atoms with Crippen LogP contribution in [0.3, 0.4) is 0 Å². The zero-order chi connectivity index (χ0) is 13.6. The number of fused-ring (bicyclic) bond motifs is 1. The maximum Gasteiger partial charge on any atom is 0.315 e. The van der Waals surface area contributed by atoms with Crippen molar-refractivity contribution in [2.75, 3.05) is 20.2 Å². The highest BCUT2D eigenvalue weighted by Crippen LogP contribution is 2.56. The summed E-state index contributed by atoms with van der Waals surface area (Å²) in [7, 11) is 1.45. The molecule has 1 heterocycles. The second-order valence-electron chi connectivity index (χ2n) is 6.25. The Hall–Kier alpha value is -1.35. The zero-order valence-electron chi connectivity index (χ0n) is 11.8. The van der Waals surface area contributed by atoms with Crippen LogP contribution in [-0.2, 0) is 14.9 Å². The molecule has 1 saturated carbocycles. The number of methoxy groups -OCH3 is 1. The average Bonchev–Trinajstić information content (AvgIpc) is 2.91. The van der Waals surface area contributed by atoms with Crippen LogP contribution < -0.4 is 5.32 Å². The van der Waals surface area contributed by atoms with E-state index < -0.39 is 5.41 Å². The average molecular weight is 259 g/mol. The number of carbonyl (C=O) groups excluding carboxylic acids is 1. The summed E-state index contributed by atoms with van der Waals surface area (Å²) in [6.07, 6.45) is 0. The molecule has 0 spiro atoms. The fourth-order valence-corrected chi connectivity index (χ4v) is 3.42. The molecule has 1 aromatic carbocycles. The van der Waals surface area contributed by atoms with Gasteiger partial charge in [0.1, 0.15) is 0 Å². The van der Waals surface area contributed by atoms with Crippen LogP contribution in [0.25, 0.3) is 0 Å². The van der Waals surface area contributed by atoms with Crippen LogP contribution in [0.15, 0.2) is 24.3 Å². The molecule has 1 N–H and O–H groups in total. The Morgan fingerprint density at radius 3 is 2.63 bits per heavy atom. The summed E-state index contributed by atoms with van der Waals surface area (Å²) in [4.78, 5) is 11.9. The van der Waals surface area contributed by atoms with Gasteiger partial charge in [0.2, 0.25) is 0 Å². The van der Waals surface area contributed by atoms with E-state index in [9.17, 15) is 4.79 Å². The molecule has 102 valence electrons. The molecule has 3 heteroatoms. The molecule has 1 aromatic rings. The highest BCUT2D eigenvalue weighted by Gasteiger charge is 2.53. The molecule has 1 aliphatic heterocycles. The van der Waals surface area contributed by atoms with Gasteiger partial charge in [-0.05, 0) is 55.8 Å². The second kappa shape index (κ2) is 4.34. The van der Waals surface area contributed by atoms with Gasteiger partial charge in [-0.2, -0.15) is 0 Å². The molecule has 3 rings (SSSR count). The van der Waals surface area contributed by atoms with Gasteiger partial charge in [-0.3, -0.25) is 4.79 Å². The van der Waals surface area contributed by atoms with Crippen molar-refractivity contribution < 1.29 is 9.53 Å². The first-order valence-corrected chi connectivity index (χ1v) is 6.95. The molecule has 0 amide bonds. The molecular weight excluding hydrogens is 238 g/mol. The molecule has 3 nitrogen and oxygen atoms in total. The van der Waals surface area contributed by atoms with Crippen LogP contribution in [0.2, 0.25) is 0 Å². The predicted molar refractivity (Wildman–Crippen MR) is 74.1 cm³/mol. The zero-order valence-corrected chi connectivity index (χ0v) is 11.8. The standard InChI is InChI=1S/C16H21NO2/c1-16(2,15(18)19-3)11-6-4-5-10(7-11)14-12-8-17-9-13(12)14/h4-7,12-14,17H,8-9H2,1-3H3/t12-,13+,14?. The maximum atomic E-state index is 11.9.